The van der Waals surface area contributed by atoms with E-state index in [0.717, 1.165) is 5.56 Å². The number of hydrogen-bond acceptors (Lipinski definition) is 6. The summed E-state index contributed by atoms with van der Waals surface area (Å²) in [6.45, 7) is 0.350. The molecule has 0 bridgehead atoms. The van der Waals surface area contributed by atoms with Gasteiger partial charge in [0.15, 0.2) is 16.7 Å². The molecule has 3 aromatic rings. The Hall–Kier alpha value is -3.14. The second kappa shape index (κ2) is 7.83. The number of imidazole rings is 1. The number of aromatic nitrogens is 5. The third kappa shape index (κ3) is 4.09. The number of nitrogens with zero attached hydrogens (tertiary/aromatic N) is 5. The number of nitrogens with two attached hydrogens (primary N) is 1. The second-order valence-corrected chi connectivity index (χ2v) is 6.39. The molecule has 0 spiro atoms. The quantitative estimate of drug-likeness (QED) is 0.595. The Morgan fingerprint density at radius 3 is 2.69 bits per heavy atom. The highest BCUT2D eigenvalue weighted by Gasteiger charge is 2.20. The molecule has 0 radical (unpaired) electrons. The van der Waals surface area contributed by atoms with Crippen LogP contribution >= 0.6 is 11.8 Å². The first-order valence-electron chi connectivity index (χ1n) is 7.72. The van der Waals surface area contributed by atoms with Gasteiger partial charge in [-0.15, -0.1) is 5.10 Å². The normalized spacial score (nSPS) is 10.7. The lowest BCUT2D eigenvalue weighted by molar-refractivity contribution is -0.113. The van der Waals surface area contributed by atoms with E-state index in [0.29, 0.717) is 11.7 Å². The Morgan fingerprint density at radius 2 is 2.04 bits per heavy atom. The van der Waals surface area contributed by atoms with Crippen LogP contribution in [0, 0.1) is 0 Å². The van der Waals surface area contributed by atoms with Crippen LogP contribution in [0.5, 0.6) is 0 Å². The van der Waals surface area contributed by atoms with Crippen LogP contribution in [-0.2, 0) is 18.4 Å². The molecule has 9 nitrogen and oxygen atoms in total. The minimum atomic E-state index is -0.753. The van der Waals surface area contributed by atoms with Crippen LogP contribution in [0.4, 0.5) is 5.82 Å². The zero-order valence-electron chi connectivity index (χ0n) is 14.0. The first kappa shape index (κ1) is 17.7. The monoisotopic (exact) mass is 371 g/mol. The first-order chi connectivity index (χ1) is 12.5. The summed E-state index contributed by atoms with van der Waals surface area (Å²) in [6, 6.07) is 9.51. The van der Waals surface area contributed by atoms with Gasteiger partial charge < -0.3 is 15.6 Å². The molecular weight excluding hydrogens is 354 g/mol. The van der Waals surface area contributed by atoms with Crippen LogP contribution in [0.2, 0.25) is 0 Å². The lowest BCUT2D eigenvalue weighted by atomic mass is 10.2. The number of primary amides is 1. The summed E-state index contributed by atoms with van der Waals surface area (Å²) in [5.41, 5.74) is 6.22. The molecule has 0 atom stereocenters. The fraction of sp³-hybridized carbons (Fsp3) is 0.188. The molecule has 0 aliphatic rings. The summed E-state index contributed by atoms with van der Waals surface area (Å²) < 4.78 is 3.26. The fourth-order valence-electron chi connectivity index (χ4n) is 2.26. The van der Waals surface area contributed by atoms with E-state index >= 15 is 0 Å². The number of amides is 2. The highest BCUT2D eigenvalue weighted by atomic mass is 32.2. The van der Waals surface area contributed by atoms with Crippen molar-refractivity contribution < 1.29 is 9.59 Å². The van der Waals surface area contributed by atoms with E-state index in [9.17, 15) is 9.59 Å². The number of carbonyl (C=O) groups is 2. The van der Waals surface area contributed by atoms with Gasteiger partial charge in [0.25, 0.3) is 5.91 Å². The van der Waals surface area contributed by atoms with Crippen molar-refractivity contribution in [3.63, 3.8) is 0 Å². The average Bonchev–Trinajstić information content (AvgIpc) is 3.20. The maximum Gasteiger partial charge on any atom is 0.273 e. The third-order valence-corrected chi connectivity index (χ3v) is 4.57. The van der Waals surface area contributed by atoms with E-state index in [4.69, 9.17) is 5.73 Å². The Balaban J connectivity index is 1.74. The molecular formula is C16H17N7O2S. The second-order valence-electron chi connectivity index (χ2n) is 5.45. The summed E-state index contributed by atoms with van der Waals surface area (Å²) in [5, 5.41) is 11.1. The number of carbonyl (C=O) groups excluding carboxylic acids is 2. The Kier molecular flexibility index (Phi) is 5.32. The van der Waals surface area contributed by atoms with Crippen molar-refractivity contribution in [2.45, 2.75) is 11.7 Å². The number of thioether (sulfide) groups is 1. The molecule has 0 saturated carbocycles. The molecule has 2 aromatic heterocycles. The van der Waals surface area contributed by atoms with Gasteiger partial charge in [0.05, 0.1) is 12.3 Å². The molecule has 2 heterocycles. The number of nitrogens with one attached hydrogen (secondary N) is 1. The predicted octanol–water partition coefficient (Wildman–Crippen LogP) is 0.890. The smallest absolute Gasteiger partial charge is 0.273 e. The molecule has 0 aliphatic carbocycles. The van der Waals surface area contributed by atoms with E-state index in [1.54, 1.807) is 12.4 Å². The number of hydrogen-bond donors (Lipinski definition) is 2. The van der Waals surface area contributed by atoms with Gasteiger partial charge in [-0.2, -0.15) is 0 Å². The van der Waals surface area contributed by atoms with Crippen LogP contribution in [0.3, 0.4) is 0 Å². The Labute approximate surface area is 153 Å². The van der Waals surface area contributed by atoms with Crippen molar-refractivity contribution >= 4 is 29.4 Å². The molecule has 10 heteroatoms. The van der Waals surface area contributed by atoms with Crippen LogP contribution in [0.15, 0.2) is 47.9 Å². The fourth-order valence-corrected chi connectivity index (χ4v) is 2.99. The molecule has 0 fully saturated rings. The topological polar surface area (TPSA) is 121 Å². The third-order valence-electron chi connectivity index (χ3n) is 3.51. The van der Waals surface area contributed by atoms with Crippen molar-refractivity contribution in [1.29, 1.82) is 0 Å². The van der Waals surface area contributed by atoms with Gasteiger partial charge in [-0.25, -0.2) is 9.67 Å². The molecule has 134 valence electrons. The molecule has 2 amide bonds. The number of anilines is 1. The number of rotatable bonds is 7. The maximum absolute atomic E-state index is 12.3. The number of benzene rings is 1. The summed E-state index contributed by atoms with van der Waals surface area (Å²) in [4.78, 5) is 28.0. The maximum atomic E-state index is 12.3. The molecule has 3 N–H and O–H groups in total. The van der Waals surface area contributed by atoms with Gasteiger partial charge >= 0.3 is 0 Å². The van der Waals surface area contributed by atoms with E-state index < -0.39 is 5.91 Å². The molecule has 1 aromatic carbocycles. The zero-order valence-corrected chi connectivity index (χ0v) is 14.8. The molecule has 0 aliphatic heterocycles. The van der Waals surface area contributed by atoms with Crippen LogP contribution in [-0.4, -0.2) is 42.1 Å². The molecule has 26 heavy (non-hydrogen) atoms. The average molecular weight is 371 g/mol. The highest BCUT2D eigenvalue weighted by Crippen LogP contribution is 2.17. The summed E-state index contributed by atoms with van der Waals surface area (Å²) >= 11 is 1.28. The lowest BCUT2D eigenvalue weighted by Crippen LogP contribution is -2.22. The Bertz CT molecular complexity index is 920. The van der Waals surface area contributed by atoms with Gasteiger partial charge in [-0.05, 0) is 5.56 Å². The molecule has 0 saturated heterocycles. The van der Waals surface area contributed by atoms with E-state index in [1.807, 2.05) is 41.9 Å². The summed E-state index contributed by atoms with van der Waals surface area (Å²) in [7, 11) is 1.84. The van der Waals surface area contributed by atoms with Crippen molar-refractivity contribution in [3.8, 4) is 0 Å². The van der Waals surface area contributed by atoms with Gasteiger partial charge in [-0.3, -0.25) is 9.59 Å². The first-order valence-corrected chi connectivity index (χ1v) is 8.70. The zero-order chi connectivity index (χ0) is 18.5. The van der Waals surface area contributed by atoms with Gasteiger partial charge in [0.2, 0.25) is 5.91 Å². The van der Waals surface area contributed by atoms with E-state index in [1.165, 1.54) is 16.4 Å². The molecule has 0 unspecified atom stereocenters. The summed E-state index contributed by atoms with van der Waals surface area (Å²) in [6.07, 6.45) is 3.45. The SMILES string of the molecule is Cn1ccnc1SCC(=O)Nc1c(C(N)=O)nnn1Cc1ccccc1. The minimum Gasteiger partial charge on any atom is -0.364 e. The summed E-state index contributed by atoms with van der Waals surface area (Å²) in [5.74, 6) is -0.750. The number of aryl methyl sites for hydroxylation is 1. The minimum absolute atomic E-state index is 0.0729. The van der Waals surface area contributed by atoms with Gasteiger partial charge in [0.1, 0.15) is 0 Å². The van der Waals surface area contributed by atoms with Gasteiger partial charge in [0, 0.05) is 19.4 Å². The highest BCUT2D eigenvalue weighted by molar-refractivity contribution is 7.99. The van der Waals surface area contributed by atoms with Crippen molar-refractivity contribution in [3.05, 3.63) is 54.0 Å². The van der Waals surface area contributed by atoms with Crippen LogP contribution in [0.1, 0.15) is 16.1 Å². The van der Waals surface area contributed by atoms with Crippen LogP contribution in [0.25, 0.3) is 0 Å². The van der Waals surface area contributed by atoms with E-state index in [2.05, 4.69) is 20.6 Å². The van der Waals surface area contributed by atoms with Crippen molar-refractivity contribution in [2.24, 2.45) is 12.8 Å². The van der Waals surface area contributed by atoms with Crippen molar-refractivity contribution in [2.75, 3.05) is 11.1 Å². The standard InChI is InChI=1S/C16H17N7O2S/c1-22-8-7-18-16(22)26-10-12(24)19-15-13(14(17)25)20-21-23(15)9-11-5-3-2-4-6-11/h2-8H,9-10H2,1H3,(H2,17,25)(H,19,24). The van der Waals surface area contributed by atoms with E-state index in [-0.39, 0.29) is 23.2 Å². The molecule has 3 rings (SSSR count). The van der Waals surface area contributed by atoms with Crippen LogP contribution < -0.4 is 11.1 Å². The largest absolute Gasteiger partial charge is 0.364 e. The Morgan fingerprint density at radius 1 is 1.27 bits per heavy atom. The predicted molar refractivity (Wildman–Crippen MR) is 96.6 cm³/mol. The van der Waals surface area contributed by atoms with Crippen molar-refractivity contribution in [1.82, 2.24) is 24.5 Å². The lowest BCUT2D eigenvalue weighted by Gasteiger charge is -2.09. The van der Waals surface area contributed by atoms with Gasteiger partial charge in [-0.1, -0.05) is 47.3 Å².